The molecule has 0 saturated heterocycles. The predicted molar refractivity (Wildman–Crippen MR) is 119 cm³/mol. The molecule has 0 aliphatic carbocycles. The molecule has 3 aromatic carbocycles. The van der Waals surface area contributed by atoms with Crippen LogP contribution >= 0.6 is 11.8 Å². The summed E-state index contributed by atoms with van der Waals surface area (Å²) < 4.78 is 1.55. The molecule has 4 rings (SSSR count). The first-order chi connectivity index (χ1) is 15.4. The van der Waals surface area contributed by atoms with E-state index in [1.165, 1.54) is 42.1 Å². The molecule has 0 atom stereocenters. The van der Waals surface area contributed by atoms with Gasteiger partial charge in [0.2, 0.25) is 0 Å². The number of carboxylic acids is 1. The Morgan fingerprint density at radius 2 is 1.72 bits per heavy atom. The standard InChI is InChI=1S/C23H17N3O5S/c27-21-19-11-8-17(22(28)29)12-20(19)24-23(25(21)13-15-4-2-1-3-5-15)32-14-16-6-9-18(10-7-16)26(30)31/h1-12H,13-14H2,(H,28,29)/p-1. The highest BCUT2D eigenvalue weighted by Crippen LogP contribution is 2.24. The van der Waals surface area contributed by atoms with Gasteiger partial charge < -0.3 is 9.90 Å². The Morgan fingerprint density at radius 3 is 2.38 bits per heavy atom. The quantitative estimate of drug-likeness (QED) is 0.185. The van der Waals surface area contributed by atoms with Gasteiger partial charge in [-0.2, -0.15) is 0 Å². The van der Waals surface area contributed by atoms with Gasteiger partial charge in [0.15, 0.2) is 5.16 Å². The van der Waals surface area contributed by atoms with Crippen molar-refractivity contribution in [2.24, 2.45) is 0 Å². The predicted octanol–water partition coefficient (Wildman–Crippen LogP) is 3.01. The summed E-state index contributed by atoms with van der Waals surface area (Å²) in [6.45, 7) is 0.299. The van der Waals surface area contributed by atoms with Crippen molar-refractivity contribution >= 4 is 34.3 Å². The smallest absolute Gasteiger partial charge is 0.269 e. The van der Waals surface area contributed by atoms with E-state index in [4.69, 9.17) is 0 Å². The van der Waals surface area contributed by atoms with Crippen LogP contribution in [0, 0.1) is 10.1 Å². The molecular formula is C23H16N3O5S-. The number of hydrogen-bond donors (Lipinski definition) is 0. The second-order valence-corrected chi connectivity index (χ2v) is 7.95. The van der Waals surface area contributed by atoms with Crippen LogP contribution in [0.25, 0.3) is 10.9 Å². The van der Waals surface area contributed by atoms with Crippen molar-refractivity contribution in [1.82, 2.24) is 9.55 Å². The lowest BCUT2D eigenvalue weighted by molar-refractivity contribution is -0.384. The van der Waals surface area contributed by atoms with Crippen LogP contribution in [0.15, 0.2) is 82.7 Å². The first-order valence-corrected chi connectivity index (χ1v) is 10.6. The van der Waals surface area contributed by atoms with Crippen LogP contribution in [0.1, 0.15) is 21.5 Å². The molecule has 0 saturated carbocycles. The van der Waals surface area contributed by atoms with Gasteiger partial charge in [-0.1, -0.05) is 60.3 Å². The number of rotatable bonds is 7. The molecule has 9 heteroatoms. The fraction of sp³-hybridized carbons (Fsp3) is 0.0870. The second-order valence-electron chi connectivity index (χ2n) is 7.00. The summed E-state index contributed by atoms with van der Waals surface area (Å²) in [5.74, 6) is -0.924. The van der Waals surface area contributed by atoms with Crippen LogP contribution in [-0.4, -0.2) is 20.4 Å². The van der Waals surface area contributed by atoms with Crippen molar-refractivity contribution < 1.29 is 14.8 Å². The molecule has 0 bridgehead atoms. The molecule has 4 aromatic rings. The van der Waals surface area contributed by atoms with Gasteiger partial charge >= 0.3 is 0 Å². The molecule has 0 N–H and O–H groups in total. The SMILES string of the molecule is O=C([O-])c1ccc2c(=O)n(Cc3ccccc3)c(SCc3ccc([N+](=O)[O-])cc3)nc2c1. The van der Waals surface area contributed by atoms with Gasteiger partial charge in [0.1, 0.15) is 0 Å². The summed E-state index contributed by atoms with van der Waals surface area (Å²) in [5.41, 5.74) is 1.67. The fourth-order valence-electron chi connectivity index (χ4n) is 3.21. The number of nitro groups is 1. The zero-order valence-electron chi connectivity index (χ0n) is 16.6. The Hall–Kier alpha value is -3.98. The molecule has 0 unspecified atom stereocenters. The molecule has 0 aliphatic heterocycles. The van der Waals surface area contributed by atoms with E-state index in [2.05, 4.69) is 4.98 Å². The lowest BCUT2D eigenvalue weighted by atomic mass is 10.1. The molecule has 0 fully saturated rings. The van der Waals surface area contributed by atoms with Crippen molar-refractivity contribution in [2.45, 2.75) is 17.5 Å². The number of hydrogen-bond acceptors (Lipinski definition) is 7. The monoisotopic (exact) mass is 446 g/mol. The summed E-state index contributed by atoms with van der Waals surface area (Å²) in [6.07, 6.45) is 0. The Morgan fingerprint density at radius 1 is 1.00 bits per heavy atom. The maximum atomic E-state index is 13.2. The van der Waals surface area contributed by atoms with E-state index in [1.54, 1.807) is 16.7 Å². The summed E-state index contributed by atoms with van der Waals surface area (Å²) in [4.78, 5) is 39.4. The van der Waals surface area contributed by atoms with Gasteiger partial charge in [0.25, 0.3) is 11.2 Å². The fourth-order valence-corrected chi connectivity index (χ4v) is 4.16. The first-order valence-electron chi connectivity index (χ1n) is 9.58. The van der Waals surface area contributed by atoms with Gasteiger partial charge in [0, 0.05) is 17.9 Å². The molecule has 8 nitrogen and oxygen atoms in total. The van der Waals surface area contributed by atoms with E-state index in [1.807, 2.05) is 30.3 Å². The number of benzene rings is 3. The topological polar surface area (TPSA) is 118 Å². The van der Waals surface area contributed by atoms with Crippen molar-refractivity contribution in [1.29, 1.82) is 0 Å². The van der Waals surface area contributed by atoms with Crippen LogP contribution in [0.4, 0.5) is 5.69 Å². The van der Waals surface area contributed by atoms with Crippen LogP contribution in [0.5, 0.6) is 0 Å². The minimum atomic E-state index is -1.35. The molecule has 0 radical (unpaired) electrons. The normalized spacial score (nSPS) is 10.9. The molecular weight excluding hydrogens is 430 g/mol. The molecule has 0 aliphatic rings. The van der Waals surface area contributed by atoms with E-state index in [-0.39, 0.29) is 22.3 Å². The molecule has 0 spiro atoms. The van der Waals surface area contributed by atoms with Crippen LogP contribution in [0.3, 0.4) is 0 Å². The number of aromatic nitrogens is 2. The molecule has 32 heavy (non-hydrogen) atoms. The number of thioether (sulfide) groups is 1. The lowest BCUT2D eigenvalue weighted by Gasteiger charge is -2.14. The van der Waals surface area contributed by atoms with E-state index >= 15 is 0 Å². The van der Waals surface area contributed by atoms with Crippen molar-refractivity contribution in [3.8, 4) is 0 Å². The van der Waals surface area contributed by atoms with E-state index < -0.39 is 10.9 Å². The van der Waals surface area contributed by atoms with Crippen LogP contribution in [0.2, 0.25) is 0 Å². The number of nitro benzene ring substituents is 1. The number of carbonyl (C=O) groups excluding carboxylic acids is 1. The maximum Gasteiger partial charge on any atom is 0.269 e. The molecule has 0 amide bonds. The van der Waals surface area contributed by atoms with Gasteiger partial charge in [-0.05, 0) is 28.8 Å². The number of aromatic carboxylic acids is 1. The second kappa shape index (κ2) is 9.03. The van der Waals surface area contributed by atoms with Crippen molar-refractivity contribution in [2.75, 3.05) is 0 Å². The van der Waals surface area contributed by atoms with Gasteiger partial charge in [-0.15, -0.1) is 0 Å². The number of carboxylic acid groups (broad SMARTS) is 1. The summed E-state index contributed by atoms with van der Waals surface area (Å²) in [7, 11) is 0. The number of nitrogens with zero attached hydrogens (tertiary/aromatic N) is 3. The third kappa shape index (κ3) is 4.52. The average molecular weight is 446 g/mol. The van der Waals surface area contributed by atoms with Crippen molar-refractivity contribution in [3.63, 3.8) is 0 Å². The average Bonchev–Trinajstić information content (AvgIpc) is 2.80. The highest BCUT2D eigenvalue weighted by molar-refractivity contribution is 7.98. The number of fused-ring (bicyclic) bond motifs is 1. The molecule has 1 heterocycles. The van der Waals surface area contributed by atoms with Crippen LogP contribution in [-0.2, 0) is 12.3 Å². The van der Waals surface area contributed by atoms with Gasteiger partial charge in [-0.3, -0.25) is 19.5 Å². The first kappa shape index (κ1) is 21.3. The number of carbonyl (C=O) groups is 1. The summed E-state index contributed by atoms with van der Waals surface area (Å²) in [5, 5.41) is 22.8. The van der Waals surface area contributed by atoms with E-state index in [0.29, 0.717) is 22.8 Å². The Balaban J connectivity index is 1.74. The maximum absolute atomic E-state index is 13.2. The highest BCUT2D eigenvalue weighted by atomic mass is 32.2. The Kier molecular flexibility index (Phi) is 6.00. The Labute approximate surface area is 186 Å². The minimum Gasteiger partial charge on any atom is -0.545 e. The molecule has 160 valence electrons. The minimum absolute atomic E-state index is 0.00150. The third-order valence-electron chi connectivity index (χ3n) is 4.85. The van der Waals surface area contributed by atoms with E-state index in [0.717, 1.165) is 11.1 Å². The third-order valence-corrected chi connectivity index (χ3v) is 5.90. The van der Waals surface area contributed by atoms with Gasteiger partial charge in [-0.25, -0.2) is 4.98 Å². The van der Waals surface area contributed by atoms with E-state index in [9.17, 15) is 24.8 Å². The van der Waals surface area contributed by atoms with Crippen LogP contribution < -0.4 is 10.7 Å². The number of non-ortho nitro benzene ring substituents is 1. The molecule has 1 aromatic heterocycles. The lowest BCUT2D eigenvalue weighted by Crippen LogP contribution is -2.25. The summed E-state index contributed by atoms with van der Waals surface area (Å²) >= 11 is 1.30. The zero-order chi connectivity index (χ0) is 22.7. The van der Waals surface area contributed by atoms with Gasteiger partial charge in [0.05, 0.1) is 28.3 Å². The Bertz CT molecular complexity index is 1370. The largest absolute Gasteiger partial charge is 0.545 e. The summed E-state index contributed by atoms with van der Waals surface area (Å²) in [6, 6.07) is 19.7. The van der Waals surface area contributed by atoms with Crippen molar-refractivity contribution in [3.05, 3.63) is 110 Å². The highest BCUT2D eigenvalue weighted by Gasteiger charge is 2.14. The zero-order valence-corrected chi connectivity index (χ0v) is 17.5.